The number of nitrogens with zero attached hydrogens (tertiary/aromatic N) is 3. The van der Waals surface area contributed by atoms with E-state index in [0.717, 1.165) is 24.4 Å². The van der Waals surface area contributed by atoms with Gasteiger partial charge in [0.2, 0.25) is 0 Å². The van der Waals surface area contributed by atoms with Gasteiger partial charge in [0, 0.05) is 44.3 Å². The minimum absolute atomic E-state index is 0.164. The number of nitrogens with one attached hydrogen (secondary N) is 1. The summed E-state index contributed by atoms with van der Waals surface area (Å²) in [4.78, 5) is 28.4. The molecule has 2 aromatic heterocycles. The molecule has 0 saturated carbocycles. The molecule has 1 N–H and O–H groups in total. The van der Waals surface area contributed by atoms with Crippen LogP contribution in [0.4, 0.5) is 0 Å². The number of aromatic nitrogens is 3. The van der Waals surface area contributed by atoms with Crippen LogP contribution >= 0.6 is 0 Å². The van der Waals surface area contributed by atoms with Crippen molar-refractivity contribution < 1.29 is 4.79 Å². The summed E-state index contributed by atoms with van der Waals surface area (Å²) in [6.07, 6.45) is 6.07. The minimum Gasteiger partial charge on any atom is -0.352 e. The van der Waals surface area contributed by atoms with E-state index in [-0.39, 0.29) is 17.0 Å². The maximum Gasteiger partial charge on any atom is 0.263 e. The fourth-order valence-electron chi connectivity index (χ4n) is 2.65. The third kappa shape index (κ3) is 3.85. The topological polar surface area (TPSA) is 68.9 Å². The number of amides is 1. The van der Waals surface area contributed by atoms with E-state index in [2.05, 4.69) is 14.9 Å². The van der Waals surface area contributed by atoms with Gasteiger partial charge in [-0.2, -0.15) is 0 Å². The molecule has 6 nitrogen and oxygen atoms in total. The molecule has 0 unspecified atom stereocenters. The predicted octanol–water partition coefficient (Wildman–Crippen LogP) is 2.07. The van der Waals surface area contributed by atoms with E-state index in [1.165, 1.54) is 4.57 Å². The first kappa shape index (κ1) is 16.7. The van der Waals surface area contributed by atoms with Crippen LogP contribution in [0.1, 0.15) is 16.8 Å². The quantitative estimate of drug-likeness (QED) is 0.701. The van der Waals surface area contributed by atoms with Gasteiger partial charge in [0.25, 0.3) is 11.5 Å². The Bertz CT molecular complexity index is 912. The van der Waals surface area contributed by atoms with Crippen molar-refractivity contribution in [2.24, 2.45) is 7.05 Å². The molecule has 0 radical (unpaired) electrons. The Morgan fingerprint density at radius 2 is 1.92 bits per heavy atom. The van der Waals surface area contributed by atoms with Crippen molar-refractivity contribution in [3.63, 3.8) is 0 Å². The van der Waals surface area contributed by atoms with Crippen molar-refractivity contribution in [3.8, 4) is 11.4 Å². The van der Waals surface area contributed by atoms with Crippen LogP contribution < -0.4 is 10.9 Å². The van der Waals surface area contributed by atoms with E-state index >= 15 is 0 Å². The number of imidazole rings is 1. The van der Waals surface area contributed by atoms with E-state index in [1.807, 2.05) is 36.5 Å². The third-order valence-electron chi connectivity index (χ3n) is 3.98. The number of carbonyl (C=O) groups excluding carboxylic acids is 1. The molecule has 1 amide bonds. The molecule has 0 bridgehead atoms. The summed E-state index contributed by atoms with van der Waals surface area (Å²) in [6.45, 7) is 1.22. The highest BCUT2D eigenvalue weighted by molar-refractivity contribution is 5.93. The van der Waals surface area contributed by atoms with Gasteiger partial charge in [-0.15, -0.1) is 0 Å². The largest absolute Gasteiger partial charge is 0.352 e. The van der Waals surface area contributed by atoms with Gasteiger partial charge in [-0.05, 0) is 18.6 Å². The zero-order valence-electron chi connectivity index (χ0n) is 14.1. The lowest BCUT2D eigenvalue weighted by Crippen LogP contribution is -2.32. The lowest BCUT2D eigenvalue weighted by Gasteiger charge is -2.09. The summed E-state index contributed by atoms with van der Waals surface area (Å²) >= 11 is 0. The van der Waals surface area contributed by atoms with Crippen LogP contribution in [0.25, 0.3) is 11.4 Å². The molecule has 6 heteroatoms. The smallest absolute Gasteiger partial charge is 0.263 e. The molecular weight excluding hydrogens is 316 g/mol. The Morgan fingerprint density at radius 3 is 2.72 bits per heavy atom. The van der Waals surface area contributed by atoms with Crippen LogP contribution in [0, 0.1) is 0 Å². The van der Waals surface area contributed by atoms with Gasteiger partial charge < -0.3 is 14.5 Å². The average Bonchev–Trinajstić information content (AvgIpc) is 3.10. The van der Waals surface area contributed by atoms with Crippen LogP contribution in [0.15, 0.2) is 65.8 Å². The third-order valence-corrected chi connectivity index (χ3v) is 3.98. The molecule has 0 spiro atoms. The Kier molecular flexibility index (Phi) is 5.09. The van der Waals surface area contributed by atoms with Crippen molar-refractivity contribution in [1.29, 1.82) is 0 Å². The summed E-state index contributed by atoms with van der Waals surface area (Å²) < 4.78 is 3.45. The summed E-state index contributed by atoms with van der Waals surface area (Å²) in [7, 11) is 1.63. The molecule has 128 valence electrons. The van der Waals surface area contributed by atoms with Crippen molar-refractivity contribution in [1.82, 2.24) is 19.4 Å². The molecule has 0 saturated heterocycles. The summed E-state index contributed by atoms with van der Waals surface area (Å²) in [5.41, 5.74) is 0.933. The van der Waals surface area contributed by atoms with Crippen molar-refractivity contribution in [2.75, 3.05) is 6.54 Å². The van der Waals surface area contributed by atoms with Gasteiger partial charge in [0.15, 0.2) is 0 Å². The highest BCUT2D eigenvalue weighted by atomic mass is 16.2. The standard InChI is InChI=1S/C19H20N4O2/c1-22-12-5-9-16(19(22)25)18(24)21-10-6-13-23-14-11-20-17(23)15-7-3-2-4-8-15/h2-5,7-9,11-12,14H,6,10,13H2,1H3,(H,21,24). The van der Waals surface area contributed by atoms with Crippen LogP contribution in [-0.2, 0) is 13.6 Å². The van der Waals surface area contributed by atoms with Crippen LogP contribution in [0.2, 0.25) is 0 Å². The summed E-state index contributed by atoms with van der Waals surface area (Å²) in [5.74, 6) is 0.568. The zero-order chi connectivity index (χ0) is 17.6. The number of carbonyl (C=O) groups is 1. The van der Waals surface area contributed by atoms with Crippen molar-refractivity contribution in [3.05, 3.63) is 77.0 Å². The highest BCUT2D eigenvalue weighted by Crippen LogP contribution is 2.16. The molecule has 0 fully saturated rings. The first-order chi connectivity index (χ1) is 12.2. The molecule has 2 heterocycles. The van der Waals surface area contributed by atoms with Crippen LogP contribution in [-0.4, -0.2) is 26.6 Å². The SMILES string of the molecule is Cn1cccc(C(=O)NCCCn2ccnc2-c2ccccc2)c1=O. The molecule has 0 aliphatic heterocycles. The number of hydrogen-bond donors (Lipinski definition) is 1. The zero-order valence-corrected chi connectivity index (χ0v) is 14.1. The molecule has 25 heavy (non-hydrogen) atoms. The lowest BCUT2D eigenvalue weighted by atomic mass is 10.2. The van der Waals surface area contributed by atoms with Crippen molar-refractivity contribution in [2.45, 2.75) is 13.0 Å². The molecule has 3 aromatic rings. The Labute approximate surface area is 145 Å². The maximum absolute atomic E-state index is 12.1. The first-order valence-electron chi connectivity index (χ1n) is 8.17. The van der Waals surface area contributed by atoms with Gasteiger partial charge in [-0.1, -0.05) is 30.3 Å². The number of hydrogen-bond acceptors (Lipinski definition) is 3. The molecule has 1 aromatic carbocycles. The molecule has 3 rings (SSSR count). The highest BCUT2D eigenvalue weighted by Gasteiger charge is 2.10. The second kappa shape index (κ2) is 7.61. The maximum atomic E-state index is 12.1. The van der Waals surface area contributed by atoms with Crippen LogP contribution in [0.3, 0.4) is 0 Å². The summed E-state index contributed by atoms with van der Waals surface area (Å²) in [5, 5.41) is 2.80. The molecule has 0 atom stereocenters. The Morgan fingerprint density at radius 1 is 1.12 bits per heavy atom. The van der Waals surface area contributed by atoms with E-state index in [0.29, 0.717) is 6.54 Å². The molecular formula is C19H20N4O2. The molecule has 0 aliphatic carbocycles. The van der Waals surface area contributed by atoms with E-state index in [9.17, 15) is 9.59 Å². The fourth-order valence-corrected chi connectivity index (χ4v) is 2.65. The van der Waals surface area contributed by atoms with Gasteiger partial charge in [-0.3, -0.25) is 9.59 Å². The van der Waals surface area contributed by atoms with Crippen LogP contribution in [0.5, 0.6) is 0 Å². The second-order valence-electron chi connectivity index (χ2n) is 5.76. The minimum atomic E-state index is -0.338. The normalized spacial score (nSPS) is 10.6. The predicted molar refractivity (Wildman–Crippen MR) is 96.3 cm³/mol. The Hall–Kier alpha value is -3.15. The van der Waals surface area contributed by atoms with Gasteiger partial charge in [0.1, 0.15) is 11.4 Å². The summed E-state index contributed by atoms with van der Waals surface area (Å²) in [6, 6.07) is 13.2. The van der Waals surface area contributed by atoms with E-state index < -0.39 is 0 Å². The van der Waals surface area contributed by atoms with Crippen molar-refractivity contribution >= 4 is 5.91 Å². The Balaban J connectivity index is 1.56. The first-order valence-corrected chi connectivity index (χ1v) is 8.17. The number of rotatable bonds is 6. The molecule has 0 aliphatic rings. The van der Waals surface area contributed by atoms with Gasteiger partial charge in [-0.25, -0.2) is 4.98 Å². The number of aryl methyl sites for hydroxylation is 2. The monoisotopic (exact) mass is 336 g/mol. The second-order valence-corrected chi connectivity index (χ2v) is 5.76. The van der Waals surface area contributed by atoms with E-state index in [1.54, 1.807) is 31.6 Å². The average molecular weight is 336 g/mol. The van der Waals surface area contributed by atoms with E-state index in [4.69, 9.17) is 0 Å². The lowest BCUT2D eigenvalue weighted by molar-refractivity contribution is 0.0950. The van der Waals surface area contributed by atoms with Gasteiger partial charge >= 0.3 is 0 Å². The number of pyridine rings is 1. The number of benzene rings is 1. The fraction of sp³-hybridized carbons (Fsp3) is 0.211. The van der Waals surface area contributed by atoms with Gasteiger partial charge in [0.05, 0.1) is 0 Å².